The van der Waals surface area contributed by atoms with Gasteiger partial charge in [0.25, 0.3) is 0 Å². The normalized spacial score (nSPS) is 12.0. The third-order valence-corrected chi connectivity index (χ3v) is 6.23. The van der Waals surface area contributed by atoms with Gasteiger partial charge in [-0.3, -0.25) is 4.79 Å². The largest absolute Gasteiger partial charge is 0.492 e. The molecule has 2 N–H and O–H groups in total. The highest BCUT2D eigenvalue weighted by molar-refractivity contribution is 7.89. The fraction of sp³-hybridized carbons (Fsp3) is 0.350. The molecule has 31 heavy (non-hydrogen) atoms. The number of aryl methyl sites for hydroxylation is 1. The van der Waals surface area contributed by atoms with Crippen molar-refractivity contribution in [2.24, 2.45) is 0 Å². The van der Waals surface area contributed by atoms with Crippen molar-refractivity contribution in [2.45, 2.75) is 24.9 Å². The van der Waals surface area contributed by atoms with Crippen LogP contribution >= 0.6 is 0 Å². The maximum Gasteiger partial charge on any atom is 0.416 e. The molecule has 0 radical (unpaired) electrons. The molecular formula is C20H24F3N3O4S. The van der Waals surface area contributed by atoms with Crippen LogP contribution in [-0.2, 0) is 21.0 Å². The molecule has 0 aromatic heterocycles. The van der Waals surface area contributed by atoms with E-state index in [2.05, 4.69) is 10.6 Å². The van der Waals surface area contributed by atoms with Crippen LogP contribution in [0.15, 0.2) is 41.3 Å². The van der Waals surface area contributed by atoms with Gasteiger partial charge in [-0.2, -0.15) is 13.2 Å². The molecule has 0 heterocycles. The summed E-state index contributed by atoms with van der Waals surface area (Å²) in [6.45, 7) is 3.20. The van der Waals surface area contributed by atoms with Gasteiger partial charge < -0.3 is 15.4 Å². The standard InChI is InChI=1S/C20H24F3N3O4S/c1-5-30-17-9-7-14(20(21,22)23)10-16(17)24-12-19(27)25-15-8-6-13(2)18(11-15)31(28,29)26(3)4/h6-11,24H,5,12H2,1-4H3,(H,25,27). The molecule has 0 fully saturated rings. The lowest BCUT2D eigenvalue weighted by atomic mass is 10.1. The lowest BCUT2D eigenvalue weighted by molar-refractivity contribution is -0.137. The summed E-state index contributed by atoms with van der Waals surface area (Å²) in [5, 5.41) is 5.18. The number of amides is 1. The van der Waals surface area contributed by atoms with E-state index < -0.39 is 27.7 Å². The number of carbonyl (C=O) groups is 1. The lowest BCUT2D eigenvalue weighted by Crippen LogP contribution is -2.24. The number of nitrogens with one attached hydrogen (secondary N) is 2. The summed E-state index contributed by atoms with van der Waals surface area (Å²) < 4.78 is 70.2. The van der Waals surface area contributed by atoms with Crippen LogP contribution in [0.4, 0.5) is 24.5 Å². The highest BCUT2D eigenvalue weighted by Crippen LogP contribution is 2.35. The molecule has 11 heteroatoms. The zero-order chi connectivity index (χ0) is 23.4. The van der Waals surface area contributed by atoms with Crippen molar-refractivity contribution in [1.82, 2.24) is 4.31 Å². The first kappa shape index (κ1) is 24.5. The van der Waals surface area contributed by atoms with E-state index in [0.29, 0.717) is 5.56 Å². The van der Waals surface area contributed by atoms with Crippen molar-refractivity contribution in [3.05, 3.63) is 47.5 Å². The molecule has 2 aromatic carbocycles. The Morgan fingerprint density at radius 1 is 1.13 bits per heavy atom. The van der Waals surface area contributed by atoms with Crippen LogP contribution in [-0.4, -0.2) is 45.9 Å². The van der Waals surface area contributed by atoms with Gasteiger partial charge in [-0.1, -0.05) is 6.07 Å². The van der Waals surface area contributed by atoms with Crippen LogP contribution < -0.4 is 15.4 Å². The smallest absolute Gasteiger partial charge is 0.416 e. The fourth-order valence-corrected chi connectivity index (χ4v) is 3.80. The Labute approximate surface area is 179 Å². The zero-order valence-corrected chi connectivity index (χ0v) is 18.3. The Kier molecular flexibility index (Phi) is 7.55. The molecule has 0 saturated heterocycles. The summed E-state index contributed by atoms with van der Waals surface area (Å²) in [6.07, 6.45) is -4.54. The van der Waals surface area contributed by atoms with E-state index in [9.17, 15) is 26.4 Å². The van der Waals surface area contributed by atoms with E-state index in [0.717, 1.165) is 16.4 Å². The topological polar surface area (TPSA) is 87.7 Å². The third kappa shape index (κ3) is 6.11. The molecule has 0 saturated carbocycles. The molecule has 2 aromatic rings. The minimum atomic E-state index is -4.54. The minimum Gasteiger partial charge on any atom is -0.492 e. The summed E-state index contributed by atoms with van der Waals surface area (Å²) in [5.41, 5.74) is -0.107. The summed E-state index contributed by atoms with van der Waals surface area (Å²) in [4.78, 5) is 12.4. The summed E-state index contributed by atoms with van der Waals surface area (Å²) in [7, 11) is -0.913. The summed E-state index contributed by atoms with van der Waals surface area (Å²) in [5.74, 6) is -0.394. The number of hydrogen-bond acceptors (Lipinski definition) is 5. The van der Waals surface area contributed by atoms with E-state index in [1.54, 1.807) is 19.9 Å². The highest BCUT2D eigenvalue weighted by atomic mass is 32.2. The maximum atomic E-state index is 13.0. The molecule has 0 aliphatic rings. The second-order valence-corrected chi connectivity index (χ2v) is 8.93. The Hall–Kier alpha value is -2.79. The van der Waals surface area contributed by atoms with Gasteiger partial charge in [0.05, 0.1) is 29.3 Å². The molecule has 0 spiro atoms. The van der Waals surface area contributed by atoms with Crippen molar-refractivity contribution < 1.29 is 31.1 Å². The summed E-state index contributed by atoms with van der Waals surface area (Å²) in [6, 6.07) is 7.38. The number of carbonyl (C=O) groups excluding carboxylic acids is 1. The number of sulfonamides is 1. The predicted octanol–water partition coefficient (Wildman–Crippen LogP) is 3.71. The first-order valence-corrected chi connectivity index (χ1v) is 10.7. The molecule has 0 bridgehead atoms. The molecular weight excluding hydrogens is 435 g/mol. The van der Waals surface area contributed by atoms with Gasteiger partial charge in [0.15, 0.2) is 0 Å². The second kappa shape index (κ2) is 9.56. The Bertz CT molecular complexity index is 1050. The van der Waals surface area contributed by atoms with Crippen LogP contribution in [0.2, 0.25) is 0 Å². The van der Waals surface area contributed by atoms with Gasteiger partial charge in [-0.05, 0) is 49.7 Å². The molecule has 7 nitrogen and oxygen atoms in total. The molecule has 1 amide bonds. The SMILES string of the molecule is CCOc1ccc(C(F)(F)F)cc1NCC(=O)Nc1ccc(C)c(S(=O)(=O)N(C)C)c1. The van der Waals surface area contributed by atoms with Crippen LogP contribution in [0.3, 0.4) is 0 Å². The Balaban J connectivity index is 2.18. The molecule has 0 aliphatic carbocycles. The minimum absolute atomic E-state index is 0.0200. The number of anilines is 2. The van der Waals surface area contributed by atoms with E-state index in [1.165, 1.54) is 32.3 Å². The molecule has 0 atom stereocenters. The van der Waals surface area contributed by atoms with Crippen LogP contribution in [0.5, 0.6) is 5.75 Å². The van der Waals surface area contributed by atoms with Crippen LogP contribution in [0, 0.1) is 6.92 Å². The Morgan fingerprint density at radius 2 is 1.81 bits per heavy atom. The van der Waals surface area contributed by atoms with Crippen LogP contribution in [0.1, 0.15) is 18.1 Å². The first-order valence-electron chi connectivity index (χ1n) is 9.27. The number of benzene rings is 2. The van der Waals surface area contributed by atoms with Gasteiger partial charge >= 0.3 is 6.18 Å². The van der Waals surface area contributed by atoms with Crippen molar-refractivity contribution in [2.75, 3.05) is 37.9 Å². The molecule has 170 valence electrons. The fourth-order valence-electron chi connectivity index (χ4n) is 2.66. The quantitative estimate of drug-likeness (QED) is 0.628. The van der Waals surface area contributed by atoms with Gasteiger partial charge in [-0.15, -0.1) is 0 Å². The zero-order valence-electron chi connectivity index (χ0n) is 17.5. The monoisotopic (exact) mass is 459 g/mol. The van der Waals surface area contributed by atoms with Crippen molar-refractivity contribution in [3.8, 4) is 5.75 Å². The maximum absolute atomic E-state index is 13.0. The van der Waals surface area contributed by atoms with E-state index >= 15 is 0 Å². The number of alkyl halides is 3. The second-order valence-electron chi connectivity index (χ2n) is 6.81. The molecule has 0 aliphatic heterocycles. The van der Waals surface area contributed by atoms with E-state index in [-0.39, 0.29) is 35.2 Å². The first-order chi connectivity index (χ1) is 14.4. The highest BCUT2D eigenvalue weighted by Gasteiger charge is 2.31. The van der Waals surface area contributed by atoms with Gasteiger partial charge in [0.1, 0.15) is 5.75 Å². The van der Waals surface area contributed by atoms with Crippen molar-refractivity contribution in [1.29, 1.82) is 0 Å². The summed E-state index contributed by atoms with van der Waals surface area (Å²) >= 11 is 0. The number of nitrogens with zero attached hydrogens (tertiary/aromatic N) is 1. The average molecular weight is 459 g/mol. The Morgan fingerprint density at radius 3 is 2.39 bits per heavy atom. The van der Waals surface area contributed by atoms with Crippen LogP contribution in [0.25, 0.3) is 0 Å². The number of rotatable bonds is 8. The van der Waals surface area contributed by atoms with Crippen molar-refractivity contribution >= 4 is 27.3 Å². The van der Waals surface area contributed by atoms with Crippen molar-refractivity contribution in [3.63, 3.8) is 0 Å². The molecule has 2 rings (SSSR count). The predicted molar refractivity (Wildman–Crippen MR) is 112 cm³/mol. The van der Waals surface area contributed by atoms with Gasteiger partial charge in [0, 0.05) is 19.8 Å². The van der Waals surface area contributed by atoms with E-state index in [1.807, 2.05) is 0 Å². The molecule has 0 unspecified atom stereocenters. The number of ether oxygens (including phenoxy) is 1. The average Bonchev–Trinajstić information content (AvgIpc) is 2.67. The van der Waals surface area contributed by atoms with Gasteiger partial charge in [-0.25, -0.2) is 12.7 Å². The van der Waals surface area contributed by atoms with E-state index in [4.69, 9.17) is 4.74 Å². The number of halogens is 3. The lowest BCUT2D eigenvalue weighted by Gasteiger charge is -2.16. The third-order valence-electron chi connectivity index (χ3n) is 4.28. The van der Waals surface area contributed by atoms with Gasteiger partial charge in [0.2, 0.25) is 15.9 Å². The number of hydrogen-bond donors (Lipinski definition) is 2.